The Bertz CT molecular complexity index is 493. The van der Waals surface area contributed by atoms with Crippen LogP contribution in [0.25, 0.3) is 0 Å². The van der Waals surface area contributed by atoms with Crippen LogP contribution in [0, 0.1) is 0 Å². The molecule has 0 aliphatic carbocycles. The van der Waals surface area contributed by atoms with Gasteiger partial charge in [-0.1, -0.05) is 6.92 Å². The number of ether oxygens (including phenoxy) is 1. The third-order valence-corrected chi connectivity index (χ3v) is 4.53. The molecular weight excluding hydrogens is 264 g/mol. The second kappa shape index (κ2) is 6.36. The Labute approximate surface area is 114 Å². The topological polar surface area (TPSA) is 67.4 Å². The maximum Gasteiger partial charge on any atom is 0.240 e. The standard InChI is InChI=1S/C13H20N2O3S/c1-2-9-18-12-3-5-13(6-4-12)19(16,17)15-11-7-8-14-10-11/h3-6,11,14-15H,2,7-10H2,1H3. The third-order valence-electron chi connectivity index (χ3n) is 2.99. The van der Waals surface area contributed by atoms with Crippen molar-refractivity contribution < 1.29 is 13.2 Å². The Hall–Kier alpha value is -1.11. The smallest absolute Gasteiger partial charge is 0.240 e. The van der Waals surface area contributed by atoms with E-state index < -0.39 is 10.0 Å². The van der Waals surface area contributed by atoms with E-state index >= 15 is 0 Å². The Kier molecular flexibility index (Phi) is 4.79. The molecule has 19 heavy (non-hydrogen) atoms. The minimum absolute atomic E-state index is 0.0129. The number of hydrogen-bond donors (Lipinski definition) is 2. The molecule has 0 saturated carbocycles. The van der Waals surface area contributed by atoms with Crippen molar-refractivity contribution in [3.63, 3.8) is 0 Å². The van der Waals surface area contributed by atoms with Crippen molar-refractivity contribution in [2.75, 3.05) is 19.7 Å². The van der Waals surface area contributed by atoms with Crippen molar-refractivity contribution in [2.45, 2.75) is 30.7 Å². The highest BCUT2D eigenvalue weighted by Gasteiger charge is 2.22. The molecule has 5 nitrogen and oxygen atoms in total. The zero-order valence-corrected chi connectivity index (χ0v) is 11.9. The van der Waals surface area contributed by atoms with E-state index in [-0.39, 0.29) is 10.9 Å². The first-order chi connectivity index (χ1) is 9.12. The fraction of sp³-hybridized carbons (Fsp3) is 0.538. The molecule has 2 N–H and O–H groups in total. The van der Waals surface area contributed by atoms with Gasteiger partial charge < -0.3 is 10.1 Å². The van der Waals surface area contributed by atoms with Crippen LogP contribution in [0.5, 0.6) is 5.75 Å². The molecule has 1 aromatic carbocycles. The molecule has 0 bridgehead atoms. The van der Waals surface area contributed by atoms with Gasteiger partial charge in [-0.25, -0.2) is 13.1 Å². The molecule has 1 fully saturated rings. The van der Waals surface area contributed by atoms with E-state index in [1.807, 2.05) is 6.92 Å². The van der Waals surface area contributed by atoms with Crippen LogP contribution in [-0.4, -0.2) is 34.2 Å². The molecule has 1 unspecified atom stereocenters. The largest absolute Gasteiger partial charge is 0.494 e. The molecule has 1 saturated heterocycles. The molecule has 1 aromatic rings. The van der Waals surface area contributed by atoms with Gasteiger partial charge in [-0.05, 0) is 43.7 Å². The molecule has 1 heterocycles. The van der Waals surface area contributed by atoms with E-state index in [4.69, 9.17) is 4.74 Å². The van der Waals surface area contributed by atoms with E-state index in [2.05, 4.69) is 10.0 Å². The van der Waals surface area contributed by atoms with Crippen LogP contribution in [0.2, 0.25) is 0 Å². The summed E-state index contributed by atoms with van der Waals surface area (Å²) in [4.78, 5) is 0.281. The van der Waals surface area contributed by atoms with Crippen molar-refractivity contribution in [3.05, 3.63) is 24.3 Å². The normalized spacial score (nSPS) is 19.5. The summed E-state index contributed by atoms with van der Waals surface area (Å²) < 4.78 is 32.4. The molecule has 0 amide bonds. The highest BCUT2D eigenvalue weighted by molar-refractivity contribution is 7.89. The van der Waals surface area contributed by atoms with Gasteiger partial charge in [0, 0.05) is 12.6 Å². The quantitative estimate of drug-likeness (QED) is 0.821. The van der Waals surface area contributed by atoms with Gasteiger partial charge in [-0.15, -0.1) is 0 Å². The summed E-state index contributed by atoms with van der Waals surface area (Å²) in [6, 6.07) is 6.53. The second-order valence-corrected chi connectivity index (χ2v) is 6.34. The van der Waals surface area contributed by atoms with Crippen LogP contribution in [0.15, 0.2) is 29.2 Å². The number of sulfonamides is 1. The van der Waals surface area contributed by atoms with E-state index in [1.54, 1.807) is 24.3 Å². The highest BCUT2D eigenvalue weighted by Crippen LogP contribution is 2.17. The van der Waals surface area contributed by atoms with E-state index in [1.165, 1.54) is 0 Å². The summed E-state index contributed by atoms with van der Waals surface area (Å²) in [5.41, 5.74) is 0. The van der Waals surface area contributed by atoms with Crippen LogP contribution in [0.4, 0.5) is 0 Å². The zero-order valence-electron chi connectivity index (χ0n) is 11.1. The first-order valence-electron chi connectivity index (χ1n) is 6.58. The summed E-state index contributed by atoms with van der Waals surface area (Å²) in [6.45, 7) is 4.21. The molecule has 1 aliphatic rings. The average molecular weight is 284 g/mol. The van der Waals surface area contributed by atoms with Crippen LogP contribution in [-0.2, 0) is 10.0 Å². The Morgan fingerprint density at radius 3 is 2.68 bits per heavy atom. The summed E-state index contributed by atoms with van der Waals surface area (Å²) in [7, 11) is -3.43. The summed E-state index contributed by atoms with van der Waals surface area (Å²) in [6.07, 6.45) is 1.76. The fourth-order valence-corrected chi connectivity index (χ4v) is 3.25. The first-order valence-corrected chi connectivity index (χ1v) is 8.06. The van der Waals surface area contributed by atoms with Gasteiger partial charge in [-0.2, -0.15) is 0 Å². The van der Waals surface area contributed by atoms with E-state index in [9.17, 15) is 8.42 Å². The van der Waals surface area contributed by atoms with Gasteiger partial charge in [0.15, 0.2) is 0 Å². The lowest BCUT2D eigenvalue weighted by molar-refractivity contribution is 0.317. The summed E-state index contributed by atoms with van der Waals surface area (Å²) in [5, 5.41) is 3.13. The predicted octanol–water partition coefficient (Wildman–Crippen LogP) is 1.12. The number of benzene rings is 1. The summed E-state index contributed by atoms with van der Waals surface area (Å²) >= 11 is 0. The van der Waals surface area contributed by atoms with Crippen molar-refractivity contribution in [1.29, 1.82) is 0 Å². The molecule has 6 heteroatoms. The van der Waals surface area contributed by atoms with E-state index in [0.717, 1.165) is 19.4 Å². The highest BCUT2D eigenvalue weighted by atomic mass is 32.2. The lowest BCUT2D eigenvalue weighted by Gasteiger charge is -2.12. The van der Waals surface area contributed by atoms with Crippen LogP contribution in [0.1, 0.15) is 19.8 Å². The maximum atomic E-state index is 12.1. The molecule has 106 valence electrons. The lowest BCUT2D eigenvalue weighted by Crippen LogP contribution is -2.36. The third kappa shape index (κ3) is 3.92. The van der Waals surface area contributed by atoms with Gasteiger partial charge in [0.25, 0.3) is 0 Å². The molecule has 0 spiro atoms. The van der Waals surface area contributed by atoms with Gasteiger partial charge in [0.05, 0.1) is 11.5 Å². The predicted molar refractivity (Wildman–Crippen MR) is 73.8 cm³/mol. The lowest BCUT2D eigenvalue weighted by atomic mass is 10.3. The Balaban J connectivity index is 2.03. The van der Waals surface area contributed by atoms with Gasteiger partial charge >= 0.3 is 0 Å². The minimum atomic E-state index is -3.43. The average Bonchev–Trinajstić information content (AvgIpc) is 2.89. The number of rotatable bonds is 6. The number of hydrogen-bond acceptors (Lipinski definition) is 4. The molecule has 0 radical (unpaired) electrons. The van der Waals surface area contributed by atoms with Crippen molar-refractivity contribution >= 4 is 10.0 Å². The number of nitrogens with one attached hydrogen (secondary N) is 2. The molecular formula is C13H20N2O3S. The zero-order chi connectivity index (χ0) is 13.7. The van der Waals surface area contributed by atoms with Gasteiger partial charge in [-0.3, -0.25) is 0 Å². The van der Waals surface area contributed by atoms with Crippen molar-refractivity contribution in [3.8, 4) is 5.75 Å². The van der Waals surface area contributed by atoms with Crippen LogP contribution in [0.3, 0.4) is 0 Å². The van der Waals surface area contributed by atoms with Crippen molar-refractivity contribution in [1.82, 2.24) is 10.0 Å². The van der Waals surface area contributed by atoms with Gasteiger partial charge in [0.1, 0.15) is 5.75 Å². The minimum Gasteiger partial charge on any atom is -0.494 e. The maximum absolute atomic E-state index is 12.1. The second-order valence-electron chi connectivity index (χ2n) is 4.63. The van der Waals surface area contributed by atoms with Crippen LogP contribution >= 0.6 is 0 Å². The molecule has 2 rings (SSSR count). The van der Waals surface area contributed by atoms with Crippen LogP contribution < -0.4 is 14.8 Å². The Morgan fingerprint density at radius 2 is 2.11 bits per heavy atom. The molecule has 0 aromatic heterocycles. The first kappa shape index (κ1) is 14.3. The molecule has 1 atom stereocenters. The monoisotopic (exact) mass is 284 g/mol. The molecule has 1 aliphatic heterocycles. The SMILES string of the molecule is CCCOc1ccc(S(=O)(=O)NC2CCNC2)cc1. The van der Waals surface area contributed by atoms with Crippen molar-refractivity contribution in [2.24, 2.45) is 0 Å². The summed E-state index contributed by atoms with van der Waals surface area (Å²) in [5.74, 6) is 0.698. The Morgan fingerprint density at radius 1 is 1.37 bits per heavy atom. The fourth-order valence-electron chi connectivity index (χ4n) is 1.98. The van der Waals surface area contributed by atoms with E-state index in [0.29, 0.717) is 18.9 Å². The van der Waals surface area contributed by atoms with Gasteiger partial charge in [0.2, 0.25) is 10.0 Å².